The van der Waals surface area contributed by atoms with E-state index >= 15 is 0 Å². The Bertz CT molecular complexity index is 452. The third-order valence-corrected chi connectivity index (χ3v) is 4.05. The number of methoxy groups -OCH3 is 1. The number of halogens is 1. The second-order valence-electron chi connectivity index (χ2n) is 5.42. The molecule has 2 rings (SSSR count). The van der Waals surface area contributed by atoms with Gasteiger partial charge < -0.3 is 15.2 Å². The molecule has 1 saturated heterocycles. The summed E-state index contributed by atoms with van der Waals surface area (Å²) >= 11 is 6.08. The molecule has 1 aromatic rings. The number of benzene rings is 1. The minimum Gasteiger partial charge on any atom is -0.504 e. The molecule has 4 nitrogen and oxygen atoms in total. The van der Waals surface area contributed by atoms with E-state index in [1.165, 1.54) is 12.8 Å². The first-order chi connectivity index (χ1) is 9.63. The first kappa shape index (κ1) is 15.4. The summed E-state index contributed by atoms with van der Waals surface area (Å²) in [5.41, 5.74) is 0.833. The zero-order chi connectivity index (χ0) is 14.5. The van der Waals surface area contributed by atoms with Crippen molar-refractivity contribution >= 4 is 11.6 Å². The van der Waals surface area contributed by atoms with Crippen LogP contribution in [0.15, 0.2) is 12.1 Å². The van der Waals surface area contributed by atoms with Crippen molar-refractivity contribution in [3.05, 3.63) is 22.7 Å². The number of ether oxygens (including phenoxy) is 1. The molecule has 0 radical (unpaired) electrons. The number of nitrogens with one attached hydrogen (secondary N) is 1. The van der Waals surface area contributed by atoms with Crippen molar-refractivity contribution in [3.8, 4) is 11.5 Å². The lowest BCUT2D eigenvalue weighted by Gasteiger charge is -2.32. The van der Waals surface area contributed by atoms with Gasteiger partial charge in [0.1, 0.15) is 0 Å². The Morgan fingerprint density at radius 3 is 3.00 bits per heavy atom. The van der Waals surface area contributed by atoms with Gasteiger partial charge in [0.05, 0.1) is 7.11 Å². The number of nitrogens with zero attached hydrogens (tertiary/aromatic N) is 1. The van der Waals surface area contributed by atoms with Gasteiger partial charge in [-0.25, -0.2) is 0 Å². The van der Waals surface area contributed by atoms with Crippen LogP contribution in [0.3, 0.4) is 0 Å². The highest BCUT2D eigenvalue weighted by atomic mass is 35.5. The molecular weight excluding hydrogens is 276 g/mol. The monoisotopic (exact) mass is 298 g/mol. The Kier molecular flexibility index (Phi) is 5.52. The van der Waals surface area contributed by atoms with Crippen LogP contribution in [0.1, 0.15) is 18.4 Å². The second kappa shape index (κ2) is 7.16. The summed E-state index contributed by atoms with van der Waals surface area (Å²) in [5, 5.41) is 14.0. The van der Waals surface area contributed by atoms with E-state index in [0.717, 1.165) is 25.2 Å². The van der Waals surface area contributed by atoms with Gasteiger partial charge in [-0.1, -0.05) is 11.6 Å². The van der Waals surface area contributed by atoms with Gasteiger partial charge in [-0.3, -0.25) is 4.90 Å². The van der Waals surface area contributed by atoms with E-state index in [2.05, 4.69) is 10.2 Å². The van der Waals surface area contributed by atoms with Crippen molar-refractivity contribution in [2.45, 2.75) is 19.4 Å². The van der Waals surface area contributed by atoms with Crippen LogP contribution in [0, 0.1) is 5.92 Å². The molecule has 0 saturated carbocycles. The van der Waals surface area contributed by atoms with E-state index in [9.17, 15) is 5.11 Å². The largest absolute Gasteiger partial charge is 0.504 e. The number of piperidine rings is 1. The number of phenolic OH excluding ortho intramolecular Hbond substituents is 1. The molecule has 1 heterocycles. The molecule has 1 fully saturated rings. The topological polar surface area (TPSA) is 44.7 Å². The highest BCUT2D eigenvalue weighted by Gasteiger charge is 2.21. The van der Waals surface area contributed by atoms with Gasteiger partial charge in [-0.05, 0) is 45.0 Å². The summed E-state index contributed by atoms with van der Waals surface area (Å²) in [6.45, 7) is 3.87. The molecule has 0 spiro atoms. The highest BCUT2D eigenvalue weighted by molar-refractivity contribution is 6.30. The van der Waals surface area contributed by atoms with Gasteiger partial charge in [0.2, 0.25) is 0 Å². The van der Waals surface area contributed by atoms with Gasteiger partial charge in [0.15, 0.2) is 11.5 Å². The van der Waals surface area contributed by atoms with Gasteiger partial charge in [-0.15, -0.1) is 0 Å². The molecule has 112 valence electrons. The lowest BCUT2D eigenvalue weighted by atomic mass is 9.97. The van der Waals surface area contributed by atoms with E-state index in [0.29, 0.717) is 23.2 Å². The smallest absolute Gasteiger partial charge is 0.162 e. The Morgan fingerprint density at radius 1 is 1.50 bits per heavy atom. The standard InChI is InChI=1S/C15H23ClN2O2/c1-17-8-11-4-3-5-18(9-11)10-12-6-13(16)7-14(20-2)15(12)19/h6-7,11,17,19H,3-5,8-10H2,1-2H3. The van der Waals surface area contributed by atoms with Gasteiger partial charge >= 0.3 is 0 Å². The SMILES string of the molecule is CNCC1CCCN(Cc2cc(Cl)cc(OC)c2O)C1. The summed E-state index contributed by atoms with van der Waals surface area (Å²) in [5.74, 6) is 1.32. The summed E-state index contributed by atoms with van der Waals surface area (Å²) in [7, 11) is 3.53. The first-order valence-electron chi connectivity index (χ1n) is 7.06. The Morgan fingerprint density at radius 2 is 2.30 bits per heavy atom. The van der Waals surface area contributed by atoms with Crippen LogP contribution in [0.4, 0.5) is 0 Å². The molecule has 0 amide bonds. The Labute approximate surface area is 125 Å². The molecule has 1 aliphatic rings. The second-order valence-corrected chi connectivity index (χ2v) is 5.85. The van der Waals surface area contributed by atoms with Crippen LogP contribution < -0.4 is 10.1 Å². The summed E-state index contributed by atoms with van der Waals surface area (Å²) in [6, 6.07) is 3.46. The molecule has 5 heteroatoms. The molecule has 1 unspecified atom stereocenters. The van der Waals surface area contributed by atoms with E-state index in [1.54, 1.807) is 13.2 Å². The molecule has 1 aromatic carbocycles. The molecular formula is C15H23ClN2O2. The van der Waals surface area contributed by atoms with Crippen molar-refractivity contribution in [2.24, 2.45) is 5.92 Å². The quantitative estimate of drug-likeness (QED) is 0.877. The van der Waals surface area contributed by atoms with E-state index in [1.807, 2.05) is 13.1 Å². The summed E-state index contributed by atoms with van der Waals surface area (Å²) < 4.78 is 5.15. The van der Waals surface area contributed by atoms with Crippen molar-refractivity contribution < 1.29 is 9.84 Å². The van der Waals surface area contributed by atoms with Crippen molar-refractivity contribution in [1.29, 1.82) is 0 Å². The zero-order valence-electron chi connectivity index (χ0n) is 12.2. The number of hydrogen-bond donors (Lipinski definition) is 2. The molecule has 0 aromatic heterocycles. The van der Waals surface area contributed by atoms with E-state index in [-0.39, 0.29) is 5.75 Å². The first-order valence-corrected chi connectivity index (χ1v) is 7.44. The number of hydrogen-bond acceptors (Lipinski definition) is 4. The Hall–Kier alpha value is -0.970. The average Bonchev–Trinajstić information content (AvgIpc) is 2.43. The molecule has 1 aliphatic heterocycles. The highest BCUT2D eigenvalue weighted by Crippen LogP contribution is 2.34. The minimum atomic E-state index is 0.202. The Balaban J connectivity index is 2.07. The van der Waals surface area contributed by atoms with Gasteiger partial charge in [-0.2, -0.15) is 0 Å². The third-order valence-electron chi connectivity index (χ3n) is 3.83. The predicted molar refractivity (Wildman–Crippen MR) is 81.6 cm³/mol. The van der Waals surface area contributed by atoms with Crippen LogP contribution in [-0.2, 0) is 6.54 Å². The molecule has 2 N–H and O–H groups in total. The van der Waals surface area contributed by atoms with E-state index < -0.39 is 0 Å². The predicted octanol–water partition coefficient (Wildman–Crippen LogP) is 2.49. The normalized spacial score (nSPS) is 20.1. The van der Waals surface area contributed by atoms with Crippen LogP contribution >= 0.6 is 11.6 Å². The zero-order valence-corrected chi connectivity index (χ0v) is 12.9. The summed E-state index contributed by atoms with van der Waals surface area (Å²) in [4.78, 5) is 2.37. The fourth-order valence-corrected chi connectivity index (χ4v) is 3.13. The van der Waals surface area contributed by atoms with Crippen LogP contribution in [0.5, 0.6) is 11.5 Å². The van der Waals surface area contributed by atoms with Gasteiger partial charge in [0, 0.05) is 29.7 Å². The van der Waals surface area contributed by atoms with Crippen molar-refractivity contribution in [3.63, 3.8) is 0 Å². The molecule has 1 atom stereocenters. The number of rotatable bonds is 5. The fourth-order valence-electron chi connectivity index (χ4n) is 2.90. The number of phenols is 1. The lowest BCUT2D eigenvalue weighted by Crippen LogP contribution is -2.38. The molecule has 20 heavy (non-hydrogen) atoms. The fraction of sp³-hybridized carbons (Fsp3) is 0.600. The lowest BCUT2D eigenvalue weighted by molar-refractivity contribution is 0.165. The van der Waals surface area contributed by atoms with E-state index in [4.69, 9.17) is 16.3 Å². The maximum Gasteiger partial charge on any atom is 0.162 e. The maximum absolute atomic E-state index is 10.2. The number of likely N-dealkylation sites (tertiary alicyclic amines) is 1. The van der Waals surface area contributed by atoms with Crippen LogP contribution in [0.25, 0.3) is 0 Å². The minimum absolute atomic E-state index is 0.202. The average molecular weight is 299 g/mol. The third kappa shape index (κ3) is 3.78. The van der Waals surface area contributed by atoms with Crippen molar-refractivity contribution in [1.82, 2.24) is 10.2 Å². The molecule has 0 aliphatic carbocycles. The van der Waals surface area contributed by atoms with Gasteiger partial charge in [0.25, 0.3) is 0 Å². The van der Waals surface area contributed by atoms with Crippen LogP contribution in [-0.4, -0.2) is 43.8 Å². The molecule has 0 bridgehead atoms. The maximum atomic E-state index is 10.2. The van der Waals surface area contributed by atoms with Crippen molar-refractivity contribution in [2.75, 3.05) is 33.8 Å². The summed E-state index contributed by atoms with van der Waals surface area (Å²) in [6.07, 6.45) is 2.47. The van der Waals surface area contributed by atoms with Crippen LogP contribution in [0.2, 0.25) is 5.02 Å². The number of aromatic hydroxyl groups is 1.